The Hall–Kier alpha value is -1.72. The topological polar surface area (TPSA) is 69.4 Å². The average molecular weight is 254 g/mol. The largest absolute Gasteiger partial charge is 0.494 e. The minimum Gasteiger partial charge on any atom is -0.494 e. The molecule has 6 heteroatoms. The van der Waals surface area contributed by atoms with Gasteiger partial charge in [0.25, 0.3) is 0 Å². The molecule has 3 N–H and O–H groups in total. The number of hydrogen-bond acceptors (Lipinski definition) is 5. The molecule has 0 fully saturated rings. The Labute approximate surface area is 103 Å². The lowest BCUT2D eigenvalue weighted by Crippen LogP contribution is -2.08. The molecular weight excluding hydrogens is 242 g/mol. The number of nitrogens with two attached hydrogens (primary N) is 1. The molecule has 90 valence electrons. The lowest BCUT2D eigenvalue weighted by atomic mass is 10.1. The number of nitrogen functional groups attached to an aromatic ring is 1. The maximum atomic E-state index is 6.11. The van der Waals surface area contributed by atoms with Crippen LogP contribution in [-0.2, 0) is 0 Å². The minimum atomic E-state index is 0.446. The van der Waals surface area contributed by atoms with E-state index in [0.717, 1.165) is 0 Å². The first kappa shape index (κ1) is 11.8. The number of rotatable bonds is 3. The summed E-state index contributed by atoms with van der Waals surface area (Å²) in [5.74, 6) is 6.55. The molecule has 0 saturated heterocycles. The number of nitrogens with one attached hydrogen (secondary N) is 1. The number of pyridine rings is 1. The molecule has 5 nitrogen and oxygen atoms in total. The van der Waals surface area contributed by atoms with E-state index >= 15 is 0 Å². The van der Waals surface area contributed by atoms with Gasteiger partial charge in [-0.3, -0.25) is 10.8 Å². The number of methoxy groups -OCH3 is 2. The summed E-state index contributed by atoms with van der Waals surface area (Å²) in [7, 11) is 3.10. The van der Waals surface area contributed by atoms with Gasteiger partial charge in [-0.25, -0.2) is 0 Å². The van der Waals surface area contributed by atoms with E-state index in [9.17, 15) is 0 Å². The molecule has 0 aliphatic rings. The lowest BCUT2D eigenvalue weighted by molar-refractivity contribution is 0.410. The maximum Gasteiger partial charge on any atom is 0.149 e. The molecule has 0 unspecified atom stereocenters. The highest BCUT2D eigenvalue weighted by Crippen LogP contribution is 2.41. The van der Waals surface area contributed by atoms with Crippen molar-refractivity contribution in [3.63, 3.8) is 0 Å². The van der Waals surface area contributed by atoms with Crippen molar-refractivity contribution in [1.29, 1.82) is 0 Å². The highest BCUT2D eigenvalue weighted by Gasteiger charge is 2.16. The Morgan fingerprint density at radius 2 is 2.12 bits per heavy atom. The van der Waals surface area contributed by atoms with Crippen LogP contribution in [0, 0.1) is 0 Å². The third kappa shape index (κ3) is 1.83. The van der Waals surface area contributed by atoms with Crippen LogP contribution in [0.1, 0.15) is 0 Å². The van der Waals surface area contributed by atoms with Crippen LogP contribution in [-0.4, -0.2) is 19.2 Å². The predicted octanol–water partition coefficient (Wildman–Crippen LogP) is 2.19. The van der Waals surface area contributed by atoms with E-state index in [1.807, 2.05) is 0 Å². The van der Waals surface area contributed by atoms with Crippen molar-refractivity contribution < 1.29 is 9.47 Å². The van der Waals surface area contributed by atoms with Gasteiger partial charge in [-0.1, -0.05) is 11.6 Å². The maximum absolute atomic E-state index is 6.11. The molecule has 17 heavy (non-hydrogen) atoms. The fourth-order valence-electron chi connectivity index (χ4n) is 1.72. The highest BCUT2D eigenvalue weighted by molar-refractivity contribution is 6.34. The number of fused-ring (bicyclic) bond motifs is 1. The summed E-state index contributed by atoms with van der Waals surface area (Å²) in [5.41, 5.74) is 3.91. The van der Waals surface area contributed by atoms with Crippen LogP contribution in [0.4, 0.5) is 5.69 Å². The van der Waals surface area contributed by atoms with Crippen molar-refractivity contribution in [2.45, 2.75) is 0 Å². The lowest BCUT2D eigenvalue weighted by Gasteiger charge is -2.13. The Kier molecular flexibility index (Phi) is 3.21. The van der Waals surface area contributed by atoms with Gasteiger partial charge in [-0.2, -0.15) is 0 Å². The van der Waals surface area contributed by atoms with Gasteiger partial charge in [-0.15, -0.1) is 0 Å². The second-order valence-electron chi connectivity index (χ2n) is 3.32. The number of hydrogen-bond donors (Lipinski definition) is 2. The van der Waals surface area contributed by atoms with Gasteiger partial charge < -0.3 is 14.9 Å². The first-order valence-corrected chi connectivity index (χ1v) is 5.26. The molecule has 0 saturated carbocycles. The molecule has 0 spiro atoms. The molecule has 0 atom stereocenters. The van der Waals surface area contributed by atoms with E-state index in [2.05, 4.69) is 10.4 Å². The quantitative estimate of drug-likeness (QED) is 0.648. The van der Waals surface area contributed by atoms with E-state index in [0.29, 0.717) is 33.1 Å². The summed E-state index contributed by atoms with van der Waals surface area (Å²) in [5, 5.41) is 1.14. The minimum absolute atomic E-state index is 0.446. The number of hydrazine groups is 1. The SMILES string of the molecule is COc1cc(Cl)c(OC)c2c(NN)ccnc12. The van der Waals surface area contributed by atoms with E-state index in [1.54, 1.807) is 32.5 Å². The summed E-state index contributed by atoms with van der Waals surface area (Å²) < 4.78 is 10.5. The summed E-state index contributed by atoms with van der Waals surface area (Å²) in [6.45, 7) is 0. The molecule has 0 radical (unpaired) electrons. The zero-order valence-corrected chi connectivity index (χ0v) is 10.2. The van der Waals surface area contributed by atoms with Crippen molar-refractivity contribution >= 4 is 28.2 Å². The summed E-state index contributed by atoms with van der Waals surface area (Å²) in [6.07, 6.45) is 1.63. The van der Waals surface area contributed by atoms with Gasteiger partial charge in [-0.05, 0) is 6.07 Å². The van der Waals surface area contributed by atoms with Crippen molar-refractivity contribution in [1.82, 2.24) is 4.98 Å². The van der Waals surface area contributed by atoms with E-state index in [4.69, 9.17) is 26.9 Å². The third-order valence-corrected chi connectivity index (χ3v) is 2.75. The second kappa shape index (κ2) is 4.65. The molecule has 1 heterocycles. The summed E-state index contributed by atoms with van der Waals surface area (Å²) in [4.78, 5) is 4.25. The molecular formula is C11H12ClN3O2. The van der Waals surface area contributed by atoms with Gasteiger partial charge in [0.05, 0.1) is 30.3 Å². The van der Waals surface area contributed by atoms with Crippen LogP contribution in [0.25, 0.3) is 10.9 Å². The van der Waals surface area contributed by atoms with Crippen LogP contribution in [0.3, 0.4) is 0 Å². The second-order valence-corrected chi connectivity index (χ2v) is 3.73. The van der Waals surface area contributed by atoms with Gasteiger partial charge >= 0.3 is 0 Å². The van der Waals surface area contributed by atoms with Gasteiger partial charge in [0, 0.05) is 12.3 Å². The Bertz CT molecular complexity index is 560. The monoisotopic (exact) mass is 253 g/mol. The highest BCUT2D eigenvalue weighted by atomic mass is 35.5. The third-order valence-electron chi connectivity index (χ3n) is 2.47. The Morgan fingerprint density at radius 1 is 1.35 bits per heavy atom. The normalized spacial score (nSPS) is 10.4. The molecule has 0 bridgehead atoms. The van der Waals surface area contributed by atoms with E-state index in [-0.39, 0.29) is 0 Å². The zero-order chi connectivity index (χ0) is 12.4. The number of benzene rings is 1. The molecule has 1 aromatic heterocycles. The van der Waals surface area contributed by atoms with Crippen LogP contribution in [0.15, 0.2) is 18.3 Å². The van der Waals surface area contributed by atoms with E-state index in [1.165, 1.54) is 0 Å². The smallest absolute Gasteiger partial charge is 0.149 e. The number of ether oxygens (including phenoxy) is 2. The average Bonchev–Trinajstić information content (AvgIpc) is 2.37. The first-order valence-electron chi connectivity index (χ1n) is 4.88. The fourth-order valence-corrected chi connectivity index (χ4v) is 1.99. The van der Waals surface area contributed by atoms with Crippen LogP contribution in [0.5, 0.6) is 11.5 Å². The summed E-state index contributed by atoms with van der Waals surface area (Å²) in [6, 6.07) is 3.40. The number of nitrogens with zero attached hydrogens (tertiary/aromatic N) is 1. The van der Waals surface area contributed by atoms with Gasteiger partial charge in [0.2, 0.25) is 0 Å². The van der Waals surface area contributed by atoms with E-state index < -0.39 is 0 Å². The molecule has 2 aromatic rings. The molecule has 0 aliphatic carbocycles. The fraction of sp³-hybridized carbons (Fsp3) is 0.182. The first-order chi connectivity index (χ1) is 8.22. The number of anilines is 1. The van der Waals surface area contributed by atoms with Crippen LogP contribution < -0.4 is 20.7 Å². The predicted molar refractivity (Wildman–Crippen MR) is 67.7 cm³/mol. The molecule has 0 aliphatic heterocycles. The Morgan fingerprint density at radius 3 is 2.71 bits per heavy atom. The van der Waals surface area contributed by atoms with Crippen LogP contribution >= 0.6 is 11.6 Å². The summed E-state index contributed by atoms with van der Waals surface area (Å²) >= 11 is 6.11. The van der Waals surface area contributed by atoms with Crippen LogP contribution in [0.2, 0.25) is 5.02 Å². The van der Waals surface area contributed by atoms with Crippen molar-refractivity contribution in [3.8, 4) is 11.5 Å². The van der Waals surface area contributed by atoms with Crippen molar-refractivity contribution in [3.05, 3.63) is 23.4 Å². The van der Waals surface area contributed by atoms with Crippen molar-refractivity contribution in [2.75, 3.05) is 19.6 Å². The van der Waals surface area contributed by atoms with Crippen molar-refractivity contribution in [2.24, 2.45) is 5.84 Å². The molecule has 0 amide bonds. The van der Waals surface area contributed by atoms with Gasteiger partial charge in [0.15, 0.2) is 0 Å². The number of halogens is 1. The molecule has 2 rings (SSSR count). The zero-order valence-electron chi connectivity index (χ0n) is 9.45. The number of aromatic nitrogens is 1. The Balaban J connectivity index is 2.92. The standard InChI is InChI=1S/C11H12ClN3O2/c1-16-8-5-6(12)11(17-2)9-7(15-13)3-4-14-10(8)9/h3-5H,13H2,1-2H3,(H,14,15). The van der Waals surface area contributed by atoms with Gasteiger partial charge in [0.1, 0.15) is 17.0 Å². The molecule has 1 aromatic carbocycles.